The number of benzene rings is 3. The second kappa shape index (κ2) is 14.3. The molecule has 0 amide bonds. The van der Waals surface area contributed by atoms with Crippen molar-refractivity contribution in [2.75, 3.05) is 0 Å². The summed E-state index contributed by atoms with van der Waals surface area (Å²) in [6, 6.07) is 13.6. The molecule has 0 unspecified atom stereocenters. The van der Waals surface area contributed by atoms with Crippen molar-refractivity contribution < 1.29 is 0 Å². The standard InChI is InChI=1S/C34H48/c1-5-7-9-11-13-15-17-21-29-25-26-30(22-18-16-14-12-10-8-6-2)34-28(4)32-24-20-19-23-31(32)27(3)33(29)34/h19-20,23-26H,3-18,21-22H2,1-2H3. The molecular formula is C34H48. The van der Waals surface area contributed by atoms with Gasteiger partial charge in [0.25, 0.3) is 0 Å². The molecule has 0 radical (unpaired) electrons. The van der Waals surface area contributed by atoms with Gasteiger partial charge in [-0.2, -0.15) is 0 Å². The summed E-state index contributed by atoms with van der Waals surface area (Å²) in [5, 5.41) is 7.75. The van der Waals surface area contributed by atoms with Crippen LogP contribution in [0, 0.1) is 0 Å². The Kier molecular flexibility index (Phi) is 11.2. The Hall–Kier alpha value is -2.08. The fourth-order valence-electron chi connectivity index (χ4n) is 5.62. The second-order valence-electron chi connectivity index (χ2n) is 10.4. The molecule has 0 nitrogen and oxygen atoms in total. The van der Waals surface area contributed by atoms with Gasteiger partial charge < -0.3 is 0 Å². The third kappa shape index (κ3) is 6.97. The average Bonchev–Trinajstić information content (AvgIpc) is 2.86. The minimum absolute atomic E-state index is 1.16. The van der Waals surface area contributed by atoms with Crippen molar-refractivity contribution in [1.82, 2.24) is 0 Å². The maximum Gasteiger partial charge on any atom is -0.00702 e. The van der Waals surface area contributed by atoms with Crippen LogP contribution < -0.4 is 10.4 Å². The predicted octanol–water partition coefficient (Wildman–Crippen LogP) is 9.40. The maximum atomic E-state index is 4.61. The van der Waals surface area contributed by atoms with Crippen LogP contribution in [-0.4, -0.2) is 0 Å². The molecule has 0 saturated heterocycles. The second-order valence-corrected chi connectivity index (χ2v) is 10.4. The summed E-state index contributed by atoms with van der Waals surface area (Å²) in [6.07, 6.45) is 21.3. The Labute approximate surface area is 209 Å². The third-order valence-electron chi connectivity index (χ3n) is 7.66. The van der Waals surface area contributed by atoms with Crippen molar-refractivity contribution in [2.45, 2.75) is 117 Å². The van der Waals surface area contributed by atoms with Crippen molar-refractivity contribution >= 4 is 34.7 Å². The van der Waals surface area contributed by atoms with Crippen molar-refractivity contribution in [2.24, 2.45) is 0 Å². The van der Waals surface area contributed by atoms with Gasteiger partial charge in [-0.15, -0.1) is 0 Å². The van der Waals surface area contributed by atoms with E-state index in [2.05, 4.69) is 63.4 Å². The van der Waals surface area contributed by atoms with Crippen molar-refractivity contribution in [3.63, 3.8) is 0 Å². The molecular weight excluding hydrogens is 408 g/mol. The van der Waals surface area contributed by atoms with Gasteiger partial charge in [0.2, 0.25) is 0 Å². The van der Waals surface area contributed by atoms with Gasteiger partial charge in [0.1, 0.15) is 0 Å². The van der Waals surface area contributed by atoms with E-state index in [4.69, 9.17) is 0 Å². The van der Waals surface area contributed by atoms with Crippen molar-refractivity contribution in [1.29, 1.82) is 0 Å². The van der Waals surface area contributed by atoms with Gasteiger partial charge in [0, 0.05) is 0 Å². The molecule has 0 heterocycles. The molecule has 3 aromatic rings. The quantitative estimate of drug-likeness (QED) is 0.149. The van der Waals surface area contributed by atoms with E-state index in [-0.39, 0.29) is 0 Å². The number of unbranched alkanes of at least 4 members (excludes halogenated alkanes) is 12. The van der Waals surface area contributed by atoms with Crippen LogP contribution >= 0.6 is 0 Å². The number of aryl methyl sites for hydroxylation is 2. The Balaban J connectivity index is 1.81. The van der Waals surface area contributed by atoms with Gasteiger partial charge in [-0.25, -0.2) is 0 Å². The predicted molar refractivity (Wildman–Crippen MR) is 155 cm³/mol. The zero-order valence-electron chi connectivity index (χ0n) is 22.2. The third-order valence-corrected chi connectivity index (χ3v) is 7.66. The molecule has 0 aromatic heterocycles. The molecule has 0 spiro atoms. The molecule has 184 valence electrons. The first-order valence-electron chi connectivity index (χ1n) is 14.3. The lowest BCUT2D eigenvalue weighted by molar-refractivity contribution is 0.589. The highest BCUT2D eigenvalue weighted by atomic mass is 14.2. The molecule has 0 saturated carbocycles. The molecule has 3 rings (SSSR count). The summed E-state index contributed by atoms with van der Waals surface area (Å²) < 4.78 is 0. The smallest absolute Gasteiger partial charge is 0.00702 e. The van der Waals surface area contributed by atoms with Gasteiger partial charge in [0.15, 0.2) is 0 Å². The van der Waals surface area contributed by atoms with E-state index >= 15 is 0 Å². The summed E-state index contributed by atoms with van der Waals surface area (Å²) in [5.74, 6) is 0. The topological polar surface area (TPSA) is 0 Å². The monoisotopic (exact) mass is 456 g/mol. The maximum absolute atomic E-state index is 4.61. The van der Waals surface area contributed by atoms with E-state index in [0.717, 1.165) is 12.8 Å². The largest absolute Gasteiger partial charge is 0.0905 e. The Morgan fingerprint density at radius 3 is 1.21 bits per heavy atom. The van der Waals surface area contributed by atoms with E-state index in [1.807, 2.05) is 0 Å². The summed E-state index contributed by atoms with van der Waals surface area (Å²) in [5.41, 5.74) is 2.96. The van der Waals surface area contributed by atoms with E-state index in [0.29, 0.717) is 0 Å². The summed E-state index contributed by atoms with van der Waals surface area (Å²) >= 11 is 0. The van der Waals surface area contributed by atoms with Crippen LogP contribution in [-0.2, 0) is 12.8 Å². The minimum atomic E-state index is 1.16. The normalized spacial score (nSPS) is 11.6. The Morgan fingerprint density at radius 1 is 0.471 bits per heavy atom. The van der Waals surface area contributed by atoms with Gasteiger partial charge >= 0.3 is 0 Å². The Bertz CT molecular complexity index is 1030. The van der Waals surface area contributed by atoms with Crippen LogP contribution in [0.5, 0.6) is 0 Å². The van der Waals surface area contributed by atoms with Crippen LogP contribution in [0.1, 0.15) is 115 Å². The first-order valence-corrected chi connectivity index (χ1v) is 14.3. The van der Waals surface area contributed by atoms with Gasteiger partial charge in [0.05, 0.1) is 0 Å². The van der Waals surface area contributed by atoms with E-state index in [1.165, 1.54) is 133 Å². The van der Waals surface area contributed by atoms with Crippen LogP contribution in [0.15, 0.2) is 36.4 Å². The van der Waals surface area contributed by atoms with Gasteiger partial charge in [-0.1, -0.05) is 140 Å². The number of hydrogen-bond donors (Lipinski definition) is 0. The summed E-state index contributed by atoms with van der Waals surface area (Å²) in [7, 11) is 0. The van der Waals surface area contributed by atoms with Crippen molar-refractivity contribution in [3.05, 3.63) is 58.0 Å². The zero-order chi connectivity index (χ0) is 24.2. The highest BCUT2D eigenvalue weighted by molar-refractivity contribution is 6.02. The summed E-state index contributed by atoms with van der Waals surface area (Å²) in [6.45, 7) is 13.8. The molecule has 0 N–H and O–H groups in total. The highest BCUT2D eigenvalue weighted by Crippen LogP contribution is 2.24. The SMILES string of the molecule is C=c1c2ccccc2c(=C)c2c(CCCCCCCCC)ccc(CCCCCCCCC)c12. The van der Waals surface area contributed by atoms with Crippen LogP contribution in [0.3, 0.4) is 0 Å². The lowest BCUT2D eigenvalue weighted by Gasteiger charge is -2.15. The highest BCUT2D eigenvalue weighted by Gasteiger charge is 2.12. The average molecular weight is 457 g/mol. The molecule has 3 aromatic carbocycles. The van der Waals surface area contributed by atoms with Crippen LogP contribution in [0.2, 0.25) is 0 Å². The molecule has 0 fully saturated rings. The van der Waals surface area contributed by atoms with Crippen LogP contribution in [0.25, 0.3) is 34.7 Å². The molecule has 0 atom stereocenters. The first-order chi connectivity index (χ1) is 16.7. The fourth-order valence-corrected chi connectivity index (χ4v) is 5.62. The van der Waals surface area contributed by atoms with E-state index < -0.39 is 0 Å². The summed E-state index contributed by atoms with van der Waals surface area (Å²) in [4.78, 5) is 0. The first kappa shape index (κ1) is 26.5. The molecule has 34 heavy (non-hydrogen) atoms. The lowest BCUT2D eigenvalue weighted by Crippen LogP contribution is -2.16. The number of hydrogen-bond acceptors (Lipinski definition) is 0. The molecule has 0 aliphatic heterocycles. The lowest BCUT2D eigenvalue weighted by atomic mass is 9.89. The minimum Gasteiger partial charge on any atom is -0.0905 e. The fraction of sp³-hybridized carbons (Fsp3) is 0.529. The number of rotatable bonds is 16. The molecule has 0 aliphatic rings. The van der Waals surface area contributed by atoms with E-state index in [1.54, 1.807) is 0 Å². The Morgan fingerprint density at radius 2 is 0.824 bits per heavy atom. The van der Waals surface area contributed by atoms with Gasteiger partial charge in [-0.05, 0) is 68.8 Å². The van der Waals surface area contributed by atoms with Crippen LogP contribution in [0.4, 0.5) is 0 Å². The van der Waals surface area contributed by atoms with Gasteiger partial charge in [-0.3, -0.25) is 0 Å². The van der Waals surface area contributed by atoms with Crippen molar-refractivity contribution in [3.8, 4) is 0 Å². The molecule has 0 bridgehead atoms. The molecule has 0 heteroatoms. The molecule has 0 aliphatic carbocycles. The van der Waals surface area contributed by atoms with E-state index in [9.17, 15) is 0 Å². The number of fused-ring (bicyclic) bond motifs is 2. The zero-order valence-corrected chi connectivity index (χ0v) is 22.2.